The molecule has 1 aromatic heterocycles. The summed E-state index contributed by atoms with van der Waals surface area (Å²) in [7, 11) is 0. The van der Waals surface area contributed by atoms with Gasteiger partial charge in [-0.25, -0.2) is 14.4 Å². The minimum Gasteiger partial charge on any atom is -0.505 e. The highest BCUT2D eigenvalue weighted by atomic mass is 35.5. The van der Waals surface area contributed by atoms with Gasteiger partial charge < -0.3 is 5.11 Å². The van der Waals surface area contributed by atoms with Crippen LogP contribution in [0.3, 0.4) is 0 Å². The first kappa shape index (κ1) is 9.86. The molecule has 15 heavy (non-hydrogen) atoms. The molecule has 0 saturated carbocycles. The number of phenols is 1. The molecule has 0 fully saturated rings. The maximum atomic E-state index is 13.0. The normalized spacial score (nSPS) is 10.3. The second-order valence-electron chi connectivity index (χ2n) is 2.89. The predicted octanol–water partition coefficient (Wildman–Crippen LogP) is 2.64. The Balaban J connectivity index is 2.50. The van der Waals surface area contributed by atoms with E-state index in [0.717, 1.165) is 0 Å². The molecule has 5 heteroatoms. The van der Waals surface area contributed by atoms with E-state index in [4.69, 9.17) is 16.7 Å². The van der Waals surface area contributed by atoms with Crippen molar-refractivity contribution >= 4 is 11.6 Å². The van der Waals surface area contributed by atoms with Gasteiger partial charge >= 0.3 is 0 Å². The molecule has 2 rings (SSSR count). The quantitative estimate of drug-likeness (QED) is 0.758. The van der Waals surface area contributed by atoms with Crippen LogP contribution in [0.5, 0.6) is 5.75 Å². The van der Waals surface area contributed by atoms with Gasteiger partial charge in [-0.05, 0) is 18.2 Å². The van der Waals surface area contributed by atoms with E-state index in [1.807, 2.05) is 0 Å². The summed E-state index contributed by atoms with van der Waals surface area (Å²) >= 11 is 5.67. The van der Waals surface area contributed by atoms with Gasteiger partial charge in [-0.15, -0.1) is 0 Å². The van der Waals surface area contributed by atoms with Crippen LogP contribution in [-0.4, -0.2) is 15.1 Å². The molecule has 0 radical (unpaired) electrons. The van der Waals surface area contributed by atoms with E-state index < -0.39 is 5.82 Å². The summed E-state index contributed by atoms with van der Waals surface area (Å²) in [6, 6.07) is 5.53. The van der Waals surface area contributed by atoms with Crippen LogP contribution in [0.2, 0.25) is 5.15 Å². The number of nitrogens with zero attached hydrogens (tertiary/aromatic N) is 2. The lowest BCUT2D eigenvalue weighted by Gasteiger charge is -2.01. The van der Waals surface area contributed by atoms with Gasteiger partial charge in [0.25, 0.3) is 0 Å². The molecule has 1 aromatic carbocycles. The van der Waals surface area contributed by atoms with Gasteiger partial charge in [0.05, 0.1) is 5.69 Å². The number of benzene rings is 1. The average Bonchev–Trinajstić information content (AvgIpc) is 2.22. The highest BCUT2D eigenvalue weighted by Crippen LogP contribution is 2.24. The Kier molecular flexibility index (Phi) is 2.51. The maximum absolute atomic E-state index is 13.0. The fourth-order valence-corrected chi connectivity index (χ4v) is 1.30. The first-order valence-electron chi connectivity index (χ1n) is 4.13. The number of aromatic hydroxyl groups is 1. The summed E-state index contributed by atoms with van der Waals surface area (Å²) in [5.41, 5.74) is 1.04. The zero-order valence-corrected chi connectivity index (χ0v) is 8.24. The summed E-state index contributed by atoms with van der Waals surface area (Å²) in [5, 5.41) is 9.30. The minimum absolute atomic E-state index is 0.286. The van der Waals surface area contributed by atoms with E-state index in [0.29, 0.717) is 11.3 Å². The van der Waals surface area contributed by atoms with Crippen LogP contribution < -0.4 is 0 Å². The van der Waals surface area contributed by atoms with Crippen LogP contribution in [0.25, 0.3) is 11.3 Å². The summed E-state index contributed by atoms with van der Waals surface area (Å²) in [6.45, 7) is 0. The number of rotatable bonds is 1. The van der Waals surface area contributed by atoms with Gasteiger partial charge in [0.15, 0.2) is 11.6 Å². The third-order valence-electron chi connectivity index (χ3n) is 1.88. The Morgan fingerprint density at radius 1 is 1.20 bits per heavy atom. The Labute approximate surface area is 90.2 Å². The van der Waals surface area contributed by atoms with Gasteiger partial charge in [-0.3, -0.25) is 0 Å². The topological polar surface area (TPSA) is 46.0 Å². The van der Waals surface area contributed by atoms with Crippen LogP contribution >= 0.6 is 11.6 Å². The van der Waals surface area contributed by atoms with Crippen molar-refractivity contribution in [1.82, 2.24) is 9.97 Å². The van der Waals surface area contributed by atoms with Crippen molar-refractivity contribution in [3.63, 3.8) is 0 Å². The fourth-order valence-electron chi connectivity index (χ4n) is 1.16. The van der Waals surface area contributed by atoms with Gasteiger partial charge in [0, 0.05) is 11.6 Å². The molecule has 1 heterocycles. The first-order chi connectivity index (χ1) is 7.16. The molecule has 0 aliphatic heterocycles. The van der Waals surface area contributed by atoms with Crippen molar-refractivity contribution in [2.75, 3.05) is 0 Å². The summed E-state index contributed by atoms with van der Waals surface area (Å²) in [5.74, 6) is -1.08. The van der Waals surface area contributed by atoms with Crippen LogP contribution in [0.4, 0.5) is 4.39 Å². The molecule has 2 aromatic rings. The zero-order valence-electron chi connectivity index (χ0n) is 7.48. The monoisotopic (exact) mass is 224 g/mol. The van der Waals surface area contributed by atoms with Gasteiger partial charge in [-0.1, -0.05) is 11.6 Å². The summed E-state index contributed by atoms with van der Waals surface area (Å²) in [4.78, 5) is 7.65. The number of phenolic OH excluding ortho intramolecular Hbond substituents is 1. The number of aromatic nitrogens is 2. The largest absolute Gasteiger partial charge is 0.505 e. The van der Waals surface area contributed by atoms with E-state index >= 15 is 0 Å². The summed E-state index contributed by atoms with van der Waals surface area (Å²) < 4.78 is 13.0. The molecule has 3 nitrogen and oxygen atoms in total. The fraction of sp³-hybridized carbons (Fsp3) is 0. The van der Waals surface area contributed by atoms with Crippen LogP contribution in [0.15, 0.2) is 30.6 Å². The van der Waals surface area contributed by atoms with Gasteiger partial charge in [0.1, 0.15) is 11.5 Å². The Morgan fingerprint density at radius 2 is 2.00 bits per heavy atom. The van der Waals surface area contributed by atoms with Gasteiger partial charge in [0.2, 0.25) is 0 Å². The minimum atomic E-state index is -0.692. The molecule has 0 atom stereocenters. The molecular formula is C10H6ClFN2O. The molecule has 0 bridgehead atoms. The number of hydrogen-bond donors (Lipinski definition) is 1. The third kappa shape index (κ3) is 2.05. The van der Waals surface area contributed by atoms with Crippen LogP contribution in [0, 0.1) is 5.82 Å². The Bertz CT molecular complexity index is 505. The van der Waals surface area contributed by atoms with E-state index in [-0.39, 0.29) is 10.9 Å². The van der Waals surface area contributed by atoms with Crippen molar-refractivity contribution in [3.05, 3.63) is 41.6 Å². The Hall–Kier alpha value is -1.68. The van der Waals surface area contributed by atoms with Crippen LogP contribution in [-0.2, 0) is 0 Å². The second kappa shape index (κ2) is 3.82. The standard InChI is InChI=1S/C10H6ClFN2O/c11-10-4-8(13-5-14-10)6-1-2-9(15)7(12)3-6/h1-5,15H. The van der Waals surface area contributed by atoms with Crippen molar-refractivity contribution < 1.29 is 9.50 Å². The molecule has 0 saturated heterocycles. The SMILES string of the molecule is Oc1ccc(-c2cc(Cl)ncn2)cc1F. The average molecular weight is 225 g/mol. The van der Waals surface area contributed by atoms with Gasteiger partial charge in [-0.2, -0.15) is 0 Å². The first-order valence-corrected chi connectivity index (χ1v) is 4.51. The lowest BCUT2D eigenvalue weighted by molar-refractivity contribution is 0.432. The smallest absolute Gasteiger partial charge is 0.165 e. The highest BCUT2D eigenvalue weighted by molar-refractivity contribution is 6.29. The molecule has 0 spiro atoms. The third-order valence-corrected chi connectivity index (χ3v) is 2.08. The van der Waals surface area contributed by atoms with Crippen molar-refractivity contribution in [2.24, 2.45) is 0 Å². The lowest BCUT2D eigenvalue weighted by atomic mass is 10.1. The van der Waals surface area contributed by atoms with E-state index in [1.54, 1.807) is 6.07 Å². The van der Waals surface area contributed by atoms with Crippen molar-refractivity contribution in [3.8, 4) is 17.0 Å². The number of hydrogen-bond acceptors (Lipinski definition) is 3. The molecular weight excluding hydrogens is 219 g/mol. The summed E-state index contributed by atoms with van der Waals surface area (Å²) in [6.07, 6.45) is 1.29. The lowest BCUT2D eigenvalue weighted by Crippen LogP contribution is -1.86. The van der Waals surface area contributed by atoms with Crippen molar-refractivity contribution in [1.29, 1.82) is 0 Å². The molecule has 76 valence electrons. The molecule has 0 aliphatic carbocycles. The van der Waals surface area contributed by atoms with Crippen LogP contribution in [0.1, 0.15) is 0 Å². The molecule has 0 unspecified atom stereocenters. The highest BCUT2D eigenvalue weighted by Gasteiger charge is 2.05. The molecule has 0 aliphatic rings. The number of halogens is 2. The molecule has 0 amide bonds. The zero-order chi connectivity index (χ0) is 10.8. The van der Waals surface area contributed by atoms with E-state index in [1.165, 1.54) is 24.5 Å². The van der Waals surface area contributed by atoms with E-state index in [9.17, 15) is 4.39 Å². The maximum Gasteiger partial charge on any atom is 0.165 e. The van der Waals surface area contributed by atoms with Crippen molar-refractivity contribution in [2.45, 2.75) is 0 Å². The van der Waals surface area contributed by atoms with E-state index in [2.05, 4.69) is 9.97 Å². The Morgan fingerprint density at radius 3 is 2.67 bits per heavy atom. The molecule has 1 N–H and O–H groups in total. The second-order valence-corrected chi connectivity index (χ2v) is 3.28. The predicted molar refractivity (Wildman–Crippen MR) is 54.1 cm³/mol.